The number of quaternary nitrogens is 1. The first-order valence-electron chi connectivity index (χ1n) is 4.30. The third kappa shape index (κ3) is 1.18. The summed E-state index contributed by atoms with van der Waals surface area (Å²) < 4.78 is 5.63. The lowest BCUT2D eigenvalue weighted by Gasteiger charge is -2.23. The molecule has 1 aromatic rings. The molecule has 0 saturated carbocycles. The minimum Gasteiger partial charge on any atom is -0.445 e. The van der Waals surface area contributed by atoms with E-state index in [1.54, 1.807) is 0 Å². The molecule has 2 rings (SSSR count). The van der Waals surface area contributed by atoms with Gasteiger partial charge < -0.3 is 9.64 Å². The number of hydrogen-bond acceptors (Lipinski definition) is 1. The van der Waals surface area contributed by atoms with Crippen LogP contribution in [0, 0.1) is 6.92 Å². The maximum Gasteiger partial charge on any atom is 0.222 e. The fraction of sp³-hybridized carbons (Fsp3) is 0.400. The number of benzene rings is 1. The van der Waals surface area contributed by atoms with Crippen molar-refractivity contribution in [2.45, 2.75) is 13.5 Å². The SMILES string of the molecule is Cc1cccc2c1OC[NH+](C)C2. The summed E-state index contributed by atoms with van der Waals surface area (Å²) in [7, 11) is 2.14. The largest absolute Gasteiger partial charge is 0.445 e. The lowest BCUT2D eigenvalue weighted by atomic mass is 10.1. The highest BCUT2D eigenvalue weighted by Gasteiger charge is 2.17. The van der Waals surface area contributed by atoms with E-state index in [9.17, 15) is 0 Å². The topological polar surface area (TPSA) is 13.7 Å². The van der Waals surface area contributed by atoms with Crippen LogP contribution >= 0.6 is 0 Å². The fourth-order valence-electron chi connectivity index (χ4n) is 1.63. The fourth-order valence-corrected chi connectivity index (χ4v) is 1.63. The van der Waals surface area contributed by atoms with Gasteiger partial charge >= 0.3 is 0 Å². The summed E-state index contributed by atoms with van der Waals surface area (Å²) in [5.74, 6) is 1.10. The molecule has 1 heterocycles. The second-order valence-corrected chi connectivity index (χ2v) is 3.49. The first kappa shape index (κ1) is 7.62. The van der Waals surface area contributed by atoms with Crippen LogP contribution in [-0.4, -0.2) is 13.8 Å². The van der Waals surface area contributed by atoms with Gasteiger partial charge in [0.2, 0.25) is 6.73 Å². The summed E-state index contributed by atoms with van der Waals surface area (Å²) in [5.41, 5.74) is 2.58. The van der Waals surface area contributed by atoms with Crippen molar-refractivity contribution >= 4 is 0 Å². The maximum atomic E-state index is 5.63. The summed E-state index contributed by atoms with van der Waals surface area (Å²) >= 11 is 0. The maximum absolute atomic E-state index is 5.63. The zero-order valence-electron chi connectivity index (χ0n) is 7.55. The number of para-hydroxylation sites is 1. The standard InChI is InChI=1S/C10H13NO/c1-8-4-3-5-9-6-11(2)7-12-10(8)9/h3-5H,6-7H2,1-2H3/p+1. The Morgan fingerprint density at radius 1 is 1.42 bits per heavy atom. The number of rotatable bonds is 0. The van der Waals surface area contributed by atoms with Gasteiger partial charge in [-0.3, -0.25) is 0 Å². The molecule has 64 valence electrons. The molecule has 1 aliphatic heterocycles. The van der Waals surface area contributed by atoms with Gasteiger partial charge in [-0.2, -0.15) is 0 Å². The molecule has 1 atom stereocenters. The van der Waals surface area contributed by atoms with Crippen LogP contribution in [-0.2, 0) is 6.54 Å². The average molecular weight is 164 g/mol. The quantitative estimate of drug-likeness (QED) is 0.584. The van der Waals surface area contributed by atoms with Crippen molar-refractivity contribution in [1.29, 1.82) is 0 Å². The Morgan fingerprint density at radius 2 is 2.25 bits per heavy atom. The number of nitrogens with one attached hydrogen (secondary N) is 1. The molecular formula is C10H14NO+. The van der Waals surface area contributed by atoms with Crippen LogP contribution in [0.3, 0.4) is 0 Å². The van der Waals surface area contributed by atoms with Crippen molar-refractivity contribution in [1.82, 2.24) is 0 Å². The van der Waals surface area contributed by atoms with Gasteiger partial charge in [0.05, 0.1) is 7.05 Å². The lowest BCUT2D eigenvalue weighted by molar-refractivity contribution is -0.913. The van der Waals surface area contributed by atoms with Gasteiger partial charge in [0.15, 0.2) is 0 Å². The summed E-state index contributed by atoms with van der Waals surface area (Å²) in [6.07, 6.45) is 0. The lowest BCUT2D eigenvalue weighted by Crippen LogP contribution is -3.09. The summed E-state index contributed by atoms with van der Waals surface area (Å²) in [5, 5.41) is 0. The van der Waals surface area contributed by atoms with Gasteiger partial charge in [-0.1, -0.05) is 12.1 Å². The molecule has 1 aliphatic rings. The van der Waals surface area contributed by atoms with Gasteiger partial charge in [-0.25, -0.2) is 0 Å². The second kappa shape index (κ2) is 2.79. The number of fused-ring (bicyclic) bond motifs is 1. The van der Waals surface area contributed by atoms with Gasteiger partial charge in [0.25, 0.3) is 0 Å². The highest BCUT2D eigenvalue weighted by atomic mass is 16.5. The van der Waals surface area contributed by atoms with E-state index in [0.29, 0.717) is 0 Å². The smallest absolute Gasteiger partial charge is 0.222 e. The van der Waals surface area contributed by atoms with E-state index in [1.807, 2.05) is 0 Å². The Bertz CT molecular complexity index is 296. The highest BCUT2D eigenvalue weighted by molar-refractivity contribution is 5.40. The molecule has 0 amide bonds. The van der Waals surface area contributed by atoms with Crippen molar-refractivity contribution in [2.75, 3.05) is 13.8 Å². The normalized spacial score (nSPS) is 21.3. The molecule has 0 aromatic heterocycles. The second-order valence-electron chi connectivity index (χ2n) is 3.49. The molecule has 1 aromatic carbocycles. The van der Waals surface area contributed by atoms with Gasteiger partial charge in [-0.05, 0) is 18.6 Å². The van der Waals surface area contributed by atoms with E-state index in [1.165, 1.54) is 16.0 Å². The van der Waals surface area contributed by atoms with Crippen molar-refractivity contribution in [3.8, 4) is 5.75 Å². The summed E-state index contributed by atoms with van der Waals surface area (Å²) in [6.45, 7) is 3.97. The molecule has 0 spiro atoms. The van der Waals surface area contributed by atoms with Crippen LogP contribution in [0.15, 0.2) is 18.2 Å². The van der Waals surface area contributed by atoms with Crippen LogP contribution in [0.4, 0.5) is 0 Å². The summed E-state index contributed by atoms with van der Waals surface area (Å²) in [6, 6.07) is 6.33. The average Bonchev–Trinajstić information content (AvgIpc) is 2.04. The Hall–Kier alpha value is -1.02. The Kier molecular flexibility index (Phi) is 1.77. The molecule has 0 radical (unpaired) electrons. The van der Waals surface area contributed by atoms with Crippen LogP contribution < -0.4 is 9.64 Å². The number of aryl methyl sites for hydroxylation is 1. The molecule has 0 aliphatic carbocycles. The van der Waals surface area contributed by atoms with Gasteiger partial charge in [0.1, 0.15) is 12.3 Å². The zero-order valence-corrected chi connectivity index (χ0v) is 7.55. The van der Waals surface area contributed by atoms with Crippen LogP contribution in [0.2, 0.25) is 0 Å². The molecule has 1 unspecified atom stereocenters. The van der Waals surface area contributed by atoms with E-state index in [0.717, 1.165) is 19.0 Å². The Labute approximate surface area is 72.8 Å². The minimum absolute atomic E-state index is 0.790. The molecule has 12 heavy (non-hydrogen) atoms. The monoisotopic (exact) mass is 164 g/mol. The van der Waals surface area contributed by atoms with Crippen molar-refractivity contribution < 1.29 is 9.64 Å². The molecule has 2 nitrogen and oxygen atoms in total. The van der Waals surface area contributed by atoms with Gasteiger partial charge in [0, 0.05) is 5.56 Å². The van der Waals surface area contributed by atoms with E-state index in [2.05, 4.69) is 32.2 Å². The van der Waals surface area contributed by atoms with Crippen molar-refractivity contribution in [3.05, 3.63) is 29.3 Å². The Morgan fingerprint density at radius 3 is 3.08 bits per heavy atom. The predicted octanol–water partition coefficient (Wildman–Crippen LogP) is 0.360. The zero-order chi connectivity index (χ0) is 8.55. The van der Waals surface area contributed by atoms with Crippen LogP contribution in [0.5, 0.6) is 5.75 Å². The molecule has 1 N–H and O–H groups in total. The highest BCUT2D eigenvalue weighted by Crippen LogP contribution is 2.23. The summed E-state index contributed by atoms with van der Waals surface area (Å²) in [4.78, 5) is 1.41. The first-order valence-corrected chi connectivity index (χ1v) is 4.30. The molecule has 0 bridgehead atoms. The Balaban J connectivity index is 2.42. The van der Waals surface area contributed by atoms with E-state index in [-0.39, 0.29) is 0 Å². The minimum atomic E-state index is 0.790. The van der Waals surface area contributed by atoms with E-state index >= 15 is 0 Å². The number of ether oxygens (including phenoxy) is 1. The van der Waals surface area contributed by atoms with E-state index in [4.69, 9.17) is 4.74 Å². The molecule has 0 fully saturated rings. The number of hydrogen-bond donors (Lipinski definition) is 1. The first-order chi connectivity index (χ1) is 5.77. The molecule has 0 saturated heterocycles. The molecular weight excluding hydrogens is 150 g/mol. The van der Waals surface area contributed by atoms with E-state index < -0.39 is 0 Å². The predicted molar refractivity (Wildman–Crippen MR) is 47.3 cm³/mol. The van der Waals surface area contributed by atoms with Crippen LogP contribution in [0.25, 0.3) is 0 Å². The molecule has 2 heteroatoms. The van der Waals surface area contributed by atoms with Gasteiger partial charge in [-0.15, -0.1) is 0 Å². The van der Waals surface area contributed by atoms with Crippen LogP contribution in [0.1, 0.15) is 11.1 Å². The van der Waals surface area contributed by atoms with Crippen molar-refractivity contribution in [2.24, 2.45) is 0 Å². The third-order valence-corrected chi connectivity index (χ3v) is 2.25. The third-order valence-electron chi connectivity index (χ3n) is 2.25. The van der Waals surface area contributed by atoms with Crippen molar-refractivity contribution in [3.63, 3.8) is 0 Å².